The zero-order valence-electron chi connectivity index (χ0n) is 13.9. The molecule has 26 heavy (non-hydrogen) atoms. The van der Waals surface area contributed by atoms with E-state index < -0.39 is 0 Å². The summed E-state index contributed by atoms with van der Waals surface area (Å²) in [6, 6.07) is 13.4. The molecule has 0 N–H and O–H groups in total. The minimum absolute atomic E-state index is 0.118. The second-order valence-corrected chi connectivity index (χ2v) is 6.87. The van der Waals surface area contributed by atoms with Gasteiger partial charge in [-0.25, -0.2) is 4.39 Å². The molecule has 8 heteroatoms. The lowest BCUT2D eigenvalue weighted by Crippen LogP contribution is -2.28. The highest BCUT2D eigenvalue weighted by Gasteiger charge is 2.15. The van der Waals surface area contributed by atoms with E-state index in [4.69, 9.17) is 16.0 Å². The maximum Gasteiger partial charge on any atom is 0.277 e. The average Bonchev–Trinajstić information content (AvgIpc) is 3.11. The van der Waals surface area contributed by atoms with Crippen LogP contribution in [0.1, 0.15) is 5.56 Å². The molecule has 3 rings (SSSR count). The third-order valence-electron chi connectivity index (χ3n) is 3.61. The second-order valence-electron chi connectivity index (χ2n) is 5.51. The summed E-state index contributed by atoms with van der Waals surface area (Å²) in [5, 5.41) is 8.80. The molecule has 0 atom stereocenters. The van der Waals surface area contributed by atoms with Gasteiger partial charge in [-0.1, -0.05) is 41.6 Å². The van der Waals surface area contributed by atoms with Crippen LogP contribution in [0.15, 0.2) is 58.2 Å². The molecule has 1 aromatic heterocycles. The van der Waals surface area contributed by atoms with Gasteiger partial charge in [0.2, 0.25) is 11.8 Å². The van der Waals surface area contributed by atoms with Crippen LogP contribution in [-0.4, -0.2) is 33.8 Å². The lowest BCUT2D eigenvalue weighted by atomic mass is 10.2. The van der Waals surface area contributed by atoms with Gasteiger partial charge in [0.05, 0.1) is 5.75 Å². The van der Waals surface area contributed by atoms with Crippen LogP contribution in [0.2, 0.25) is 5.02 Å². The van der Waals surface area contributed by atoms with E-state index in [0.29, 0.717) is 21.7 Å². The molecular weight excluding hydrogens is 377 g/mol. The van der Waals surface area contributed by atoms with Crippen molar-refractivity contribution in [2.75, 3.05) is 12.8 Å². The monoisotopic (exact) mass is 391 g/mol. The van der Waals surface area contributed by atoms with Crippen molar-refractivity contribution in [2.24, 2.45) is 0 Å². The first-order chi connectivity index (χ1) is 12.5. The number of thioether (sulfide) groups is 1. The third kappa shape index (κ3) is 4.62. The van der Waals surface area contributed by atoms with Gasteiger partial charge >= 0.3 is 0 Å². The molecule has 0 aliphatic rings. The number of benzene rings is 2. The first-order valence-electron chi connectivity index (χ1n) is 7.72. The predicted molar refractivity (Wildman–Crippen MR) is 98.3 cm³/mol. The Bertz CT molecular complexity index is 901. The zero-order valence-corrected chi connectivity index (χ0v) is 15.4. The Hall–Kier alpha value is -2.38. The van der Waals surface area contributed by atoms with Crippen molar-refractivity contribution >= 4 is 29.3 Å². The number of aromatic nitrogens is 2. The van der Waals surface area contributed by atoms with Gasteiger partial charge in [0, 0.05) is 29.7 Å². The molecule has 2 aromatic carbocycles. The molecule has 0 aliphatic heterocycles. The normalized spacial score (nSPS) is 10.7. The molecule has 0 saturated heterocycles. The van der Waals surface area contributed by atoms with Crippen LogP contribution < -0.4 is 0 Å². The van der Waals surface area contributed by atoms with Crippen LogP contribution in [0.25, 0.3) is 11.5 Å². The fraction of sp³-hybridized carbons (Fsp3) is 0.167. The number of hydrogen-bond donors (Lipinski definition) is 0. The maximum absolute atomic E-state index is 13.7. The van der Waals surface area contributed by atoms with E-state index in [1.54, 1.807) is 49.5 Å². The highest BCUT2D eigenvalue weighted by molar-refractivity contribution is 7.99. The molecule has 0 spiro atoms. The standard InChI is InChI=1S/C18H15ClFN3O2S/c1-23(10-13-4-2-3-5-15(13)20)16(24)11-26-18-22-21-17(25-18)12-6-8-14(19)9-7-12/h2-9H,10-11H2,1H3. The van der Waals surface area contributed by atoms with Crippen LogP contribution in [0.4, 0.5) is 4.39 Å². The highest BCUT2D eigenvalue weighted by Crippen LogP contribution is 2.24. The molecule has 0 saturated carbocycles. The van der Waals surface area contributed by atoms with E-state index in [0.717, 1.165) is 17.3 Å². The first kappa shape index (κ1) is 18.4. The zero-order chi connectivity index (χ0) is 18.5. The van der Waals surface area contributed by atoms with Gasteiger partial charge in [-0.05, 0) is 30.3 Å². The predicted octanol–water partition coefficient (Wildman–Crippen LogP) is 4.28. The largest absolute Gasteiger partial charge is 0.411 e. The quantitative estimate of drug-likeness (QED) is 0.587. The summed E-state index contributed by atoms with van der Waals surface area (Å²) >= 11 is 6.99. The number of halogens is 2. The molecule has 1 heterocycles. The maximum atomic E-state index is 13.7. The number of carbonyl (C=O) groups excluding carboxylic acids is 1. The van der Waals surface area contributed by atoms with Crippen molar-refractivity contribution in [3.8, 4) is 11.5 Å². The van der Waals surface area contributed by atoms with Crippen molar-refractivity contribution in [1.82, 2.24) is 15.1 Å². The molecule has 134 valence electrons. The minimum atomic E-state index is -0.329. The SMILES string of the molecule is CN(Cc1ccccc1F)C(=O)CSc1nnc(-c2ccc(Cl)cc2)o1. The summed E-state index contributed by atoms with van der Waals surface area (Å²) in [7, 11) is 1.63. The lowest BCUT2D eigenvalue weighted by molar-refractivity contribution is -0.127. The van der Waals surface area contributed by atoms with E-state index in [1.165, 1.54) is 11.0 Å². The Kier molecular flexibility index (Phi) is 5.90. The fourth-order valence-corrected chi connectivity index (χ4v) is 3.01. The van der Waals surface area contributed by atoms with Gasteiger partial charge in [-0.2, -0.15) is 0 Å². The average molecular weight is 392 g/mol. The van der Waals surface area contributed by atoms with Gasteiger partial charge in [0.15, 0.2) is 0 Å². The molecule has 0 radical (unpaired) electrons. The van der Waals surface area contributed by atoms with E-state index in [1.807, 2.05) is 0 Å². The summed E-state index contributed by atoms with van der Waals surface area (Å²) < 4.78 is 19.2. The summed E-state index contributed by atoms with van der Waals surface area (Å²) in [6.45, 7) is 0.200. The van der Waals surface area contributed by atoms with E-state index in [9.17, 15) is 9.18 Å². The van der Waals surface area contributed by atoms with E-state index in [2.05, 4.69) is 10.2 Å². The summed E-state index contributed by atoms with van der Waals surface area (Å²) in [5.74, 6) is -0.0159. The van der Waals surface area contributed by atoms with Crippen LogP contribution >= 0.6 is 23.4 Å². The van der Waals surface area contributed by atoms with Crippen LogP contribution in [0, 0.1) is 5.82 Å². The summed E-state index contributed by atoms with van der Waals surface area (Å²) in [5.41, 5.74) is 1.22. The number of hydrogen-bond acceptors (Lipinski definition) is 5. The summed E-state index contributed by atoms with van der Waals surface area (Å²) in [6.07, 6.45) is 0. The smallest absolute Gasteiger partial charge is 0.277 e. The molecule has 0 unspecified atom stereocenters. The first-order valence-corrected chi connectivity index (χ1v) is 9.09. The molecule has 0 aliphatic carbocycles. The Morgan fingerprint density at radius 1 is 1.19 bits per heavy atom. The van der Waals surface area contributed by atoms with Gasteiger partial charge in [0.1, 0.15) is 5.82 Å². The molecule has 0 bridgehead atoms. The topological polar surface area (TPSA) is 59.2 Å². The molecular formula is C18H15ClFN3O2S. The van der Waals surface area contributed by atoms with Crippen molar-refractivity contribution < 1.29 is 13.6 Å². The van der Waals surface area contributed by atoms with Crippen LogP contribution in [0.3, 0.4) is 0 Å². The number of nitrogens with zero attached hydrogens (tertiary/aromatic N) is 3. The Morgan fingerprint density at radius 3 is 2.65 bits per heavy atom. The Morgan fingerprint density at radius 2 is 1.92 bits per heavy atom. The second kappa shape index (κ2) is 8.33. The van der Waals surface area contributed by atoms with Crippen LogP contribution in [-0.2, 0) is 11.3 Å². The van der Waals surface area contributed by atoms with Gasteiger partial charge in [-0.3, -0.25) is 4.79 Å². The summed E-state index contributed by atoms with van der Waals surface area (Å²) in [4.78, 5) is 13.7. The van der Waals surface area contributed by atoms with Crippen molar-refractivity contribution in [3.05, 3.63) is 64.9 Å². The number of rotatable bonds is 6. The third-order valence-corrected chi connectivity index (χ3v) is 4.66. The van der Waals surface area contributed by atoms with Crippen molar-refractivity contribution in [3.63, 3.8) is 0 Å². The number of amides is 1. The van der Waals surface area contributed by atoms with Crippen molar-refractivity contribution in [2.45, 2.75) is 11.8 Å². The Balaban J connectivity index is 1.56. The van der Waals surface area contributed by atoms with Gasteiger partial charge in [0.25, 0.3) is 5.22 Å². The van der Waals surface area contributed by atoms with Gasteiger partial charge < -0.3 is 9.32 Å². The van der Waals surface area contributed by atoms with Gasteiger partial charge in [-0.15, -0.1) is 10.2 Å². The molecule has 0 fully saturated rings. The number of carbonyl (C=O) groups is 1. The van der Waals surface area contributed by atoms with Crippen LogP contribution in [0.5, 0.6) is 0 Å². The minimum Gasteiger partial charge on any atom is -0.411 e. The molecule has 1 amide bonds. The highest BCUT2D eigenvalue weighted by atomic mass is 35.5. The Labute approximate surface area is 159 Å². The van der Waals surface area contributed by atoms with Crippen molar-refractivity contribution in [1.29, 1.82) is 0 Å². The van der Waals surface area contributed by atoms with E-state index in [-0.39, 0.29) is 24.0 Å². The molecule has 5 nitrogen and oxygen atoms in total. The fourth-order valence-electron chi connectivity index (χ4n) is 2.18. The lowest BCUT2D eigenvalue weighted by Gasteiger charge is -2.16. The molecule has 3 aromatic rings. The van der Waals surface area contributed by atoms with E-state index >= 15 is 0 Å².